The van der Waals surface area contributed by atoms with Crippen molar-refractivity contribution in [2.75, 3.05) is 17.1 Å². The van der Waals surface area contributed by atoms with Crippen molar-refractivity contribution < 1.29 is 30.7 Å². The average molecular weight is 495 g/mol. The van der Waals surface area contributed by atoms with Crippen molar-refractivity contribution >= 4 is 26.6 Å². The van der Waals surface area contributed by atoms with Crippen LogP contribution >= 0.6 is 0 Å². The minimum atomic E-state index is -4.01. The van der Waals surface area contributed by atoms with Gasteiger partial charge in [-0.25, -0.2) is 26.0 Å². The van der Waals surface area contributed by atoms with Crippen LogP contribution in [0.2, 0.25) is 0 Å². The van der Waals surface area contributed by atoms with Gasteiger partial charge >= 0.3 is 0 Å². The van der Waals surface area contributed by atoms with Gasteiger partial charge in [-0.15, -0.1) is 0 Å². The number of hydrogen-bond donors (Lipinski definition) is 2. The molecule has 0 spiro atoms. The maximum absolute atomic E-state index is 14.3. The van der Waals surface area contributed by atoms with Crippen LogP contribution in [0.25, 0.3) is 22.0 Å². The summed E-state index contributed by atoms with van der Waals surface area (Å²) in [6.07, 6.45) is 2.96. The standard InChI is InChI=1S/C22H17F4N3O4S/c1-29-11-16(14-4-6-27-20(14)22(29)30)15-10-13(28-34(31,32)7-5-23)2-3-19(15)33-21-17(25)8-12(24)9-18(21)26/h2-4,6,8-11,27-28H,5,7H2,1H3. The molecule has 2 aromatic heterocycles. The van der Waals surface area contributed by atoms with E-state index < -0.39 is 45.7 Å². The molecule has 0 aliphatic heterocycles. The van der Waals surface area contributed by atoms with Gasteiger partial charge in [0.05, 0.1) is 5.75 Å². The number of halogens is 4. The number of aromatic amines is 1. The number of sulfonamides is 1. The molecule has 0 amide bonds. The first-order valence-electron chi connectivity index (χ1n) is 9.79. The lowest BCUT2D eigenvalue weighted by atomic mass is 10.0. The first-order chi connectivity index (χ1) is 16.1. The molecule has 0 atom stereocenters. The number of ether oxygens (including phenoxy) is 1. The van der Waals surface area contributed by atoms with Gasteiger partial charge in [0, 0.05) is 53.8 Å². The number of alkyl halides is 1. The number of benzene rings is 2. The molecule has 7 nitrogen and oxygen atoms in total. The maximum Gasteiger partial charge on any atom is 0.274 e. The van der Waals surface area contributed by atoms with Crippen LogP contribution < -0.4 is 15.0 Å². The number of aromatic nitrogens is 2. The van der Waals surface area contributed by atoms with Crippen molar-refractivity contribution in [3.8, 4) is 22.6 Å². The molecule has 34 heavy (non-hydrogen) atoms. The topological polar surface area (TPSA) is 93.2 Å². The Morgan fingerprint density at radius 1 is 1.06 bits per heavy atom. The van der Waals surface area contributed by atoms with Crippen LogP contribution in [0.4, 0.5) is 23.2 Å². The van der Waals surface area contributed by atoms with E-state index in [2.05, 4.69) is 9.71 Å². The summed E-state index contributed by atoms with van der Waals surface area (Å²) in [5, 5.41) is 0.428. The van der Waals surface area contributed by atoms with Gasteiger partial charge in [-0.05, 0) is 24.3 Å². The molecule has 4 aromatic rings. The Morgan fingerprint density at radius 3 is 2.44 bits per heavy atom. The van der Waals surface area contributed by atoms with E-state index in [9.17, 15) is 30.8 Å². The summed E-state index contributed by atoms with van der Waals surface area (Å²) in [5.41, 5.74) is 0.426. The van der Waals surface area contributed by atoms with Crippen LogP contribution in [-0.2, 0) is 17.1 Å². The largest absolute Gasteiger partial charge is 0.451 e. The minimum absolute atomic E-state index is 0.0217. The van der Waals surface area contributed by atoms with E-state index in [1.807, 2.05) is 0 Å². The van der Waals surface area contributed by atoms with Gasteiger partial charge in [0.2, 0.25) is 10.0 Å². The highest BCUT2D eigenvalue weighted by atomic mass is 32.2. The van der Waals surface area contributed by atoms with Crippen molar-refractivity contribution in [1.82, 2.24) is 9.55 Å². The predicted octanol–water partition coefficient (Wildman–Crippen LogP) is 4.45. The van der Waals surface area contributed by atoms with Gasteiger partial charge in [-0.2, -0.15) is 0 Å². The quantitative estimate of drug-likeness (QED) is 0.371. The second-order valence-corrected chi connectivity index (χ2v) is 9.19. The molecule has 0 saturated heterocycles. The van der Waals surface area contributed by atoms with Gasteiger partial charge in [-0.3, -0.25) is 9.52 Å². The summed E-state index contributed by atoms with van der Waals surface area (Å²) in [4.78, 5) is 15.2. The highest BCUT2D eigenvalue weighted by Gasteiger charge is 2.20. The Bertz CT molecular complexity index is 1540. The third-order valence-electron chi connectivity index (χ3n) is 4.96. The van der Waals surface area contributed by atoms with Crippen molar-refractivity contribution in [3.63, 3.8) is 0 Å². The molecule has 0 aliphatic rings. The molecular formula is C22H17F4N3O4S. The second kappa shape index (κ2) is 8.86. The highest BCUT2D eigenvalue weighted by Crippen LogP contribution is 2.39. The number of rotatable bonds is 7. The van der Waals surface area contributed by atoms with Gasteiger partial charge in [0.1, 0.15) is 23.8 Å². The van der Waals surface area contributed by atoms with Gasteiger partial charge in [-0.1, -0.05) is 0 Å². The number of pyridine rings is 1. The molecule has 0 saturated carbocycles. The van der Waals surface area contributed by atoms with E-state index in [4.69, 9.17) is 4.74 Å². The first kappa shape index (κ1) is 23.4. The Kier molecular flexibility index (Phi) is 6.09. The van der Waals surface area contributed by atoms with Crippen LogP contribution in [0, 0.1) is 17.5 Å². The summed E-state index contributed by atoms with van der Waals surface area (Å²) >= 11 is 0. The second-order valence-electron chi connectivity index (χ2n) is 7.35. The van der Waals surface area contributed by atoms with Crippen molar-refractivity contribution in [1.29, 1.82) is 0 Å². The summed E-state index contributed by atoms with van der Waals surface area (Å²) in [6, 6.07) is 6.31. The van der Waals surface area contributed by atoms with E-state index in [0.717, 1.165) is 0 Å². The van der Waals surface area contributed by atoms with E-state index >= 15 is 0 Å². The van der Waals surface area contributed by atoms with E-state index in [1.165, 1.54) is 42.2 Å². The van der Waals surface area contributed by atoms with E-state index in [1.54, 1.807) is 6.07 Å². The van der Waals surface area contributed by atoms with Crippen LogP contribution in [0.1, 0.15) is 0 Å². The Balaban J connectivity index is 1.92. The fraction of sp³-hybridized carbons (Fsp3) is 0.136. The van der Waals surface area contributed by atoms with E-state index in [0.29, 0.717) is 23.1 Å². The number of fused-ring (bicyclic) bond motifs is 1. The SMILES string of the molecule is Cn1cc(-c2cc(NS(=O)(=O)CCF)ccc2Oc2c(F)cc(F)cc2F)c2cc[nH]c2c1=O. The van der Waals surface area contributed by atoms with Crippen molar-refractivity contribution in [2.45, 2.75) is 0 Å². The smallest absolute Gasteiger partial charge is 0.274 e. The highest BCUT2D eigenvalue weighted by molar-refractivity contribution is 7.92. The molecule has 0 radical (unpaired) electrons. The van der Waals surface area contributed by atoms with Crippen molar-refractivity contribution in [2.24, 2.45) is 7.05 Å². The summed E-state index contributed by atoms with van der Waals surface area (Å²) in [5.74, 6) is -5.46. The fourth-order valence-corrected chi connectivity index (χ4v) is 4.24. The number of anilines is 1. The molecule has 0 bridgehead atoms. The predicted molar refractivity (Wildman–Crippen MR) is 119 cm³/mol. The zero-order valence-electron chi connectivity index (χ0n) is 17.5. The minimum Gasteiger partial charge on any atom is -0.451 e. The lowest BCUT2D eigenvalue weighted by Crippen LogP contribution is -2.18. The Morgan fingerprint density at radius 2 is 1.76 bits per heavy atom. The third kappa shape index (κ3) is 4.49. The monoisotopic (exact) mass is 495 g/mol. The zero-order chi connectivity index (χ0) is 24.6. The molecule has 0 unspecified atom stereocenters. The molecule has 4 rings (SSSR count). The molecule has 2 N–H and O–H groups in total. The van der Waals surface area contributed by atoms with Gasteiger partial charge in [0.25, 0.3) is 5.56 Å². The fourth-order valence-electron chi connectivity index (χ4n) is 3.45. The van der Waals surface area contributed by atoms with Crippen LogP contribution in [0.5, 0.6) is 11.5 Å². The number of nitrogens with one attached hydrogen (secondary N) is 2. The Hall–Kier alpha value is -3.80. The molecule has 12 heteroatoms. The summed E-state index contributed by atoms with van der Waals surface area (Å²) < 4.78 is 87.5. The van der Waals surface area contributed by atoms with Crippen molar-refractivity contribution in [3.05, 3.63) is 76.6 Å². The maximum atomic E-state index is 14.3. The van der Waals surface area contributed by atoms with Gasteiger partial charge in [0.15, 0.2) is 17.4 Å². The molecule has 0 aliphatic carbocycles. The normalized spacial score (nSPS) is 11.7. The summed E-state index contributed by atoms with van der Waals surface area (Å²) in [6.45, 7) is -1.10. The third-order valence-corrected chi connectivity index (χ3v) is 6.20. The number of aryl methyl sites for hydroxylation is 1. The number of nitrogens with zero attached hydrogens (tertiary/aromatic N) is 1. The van der Waals surface area contributed by atoms with E-state index in [-0.39, 0.29) is 28.1 Å². The Labute approximate surface area is 190 Å². The first-order valence-corrected chi connectivity index (χ1v) is 11.4. The van der Waals surface area contributed by atoms with Crippen LogP contribution in [0.3, 0.4) is 0 Å². The molecule has 2 heterocycles. The number of H-pyrrole nitrogens is 1. The summed E-state index contributed by atoms with van der Waals surface area (Å²) in [7, 11) is -2.52. The lowest BCUT2D eigenvalue weighted by molar-refractivity contribution is 0.402. The molecule has 2 aromatic carbocycles. The molecular weight excluding hydrogens is 478 g/mol. The van der Waals surface area contributed by atoms with Crippen LogP contribution in [0.15, 0.2) is 53.6 Å². The molecule has 178 valence electrons. The average Bonchev–Trinajstić information content (AvgIpc) is 3.24. The lowest BCUT2D eigenvalue weighted by Gasteiger charge is -2.16. The van der Waals surface area contributed by atoms with Gasteiger partial charge < -0.3 is 14.3 Å². The molecule has 0 fully saturated rings. The zero-order valence-corrected chi connectivity index (χ0v) is 18.3. The number of hydrogen-bond acceptors (Lipinski definition) is 4. The van der Waals surface area contributed by atoms with Crippen LogP contribution in [-0.4, -0.2) is 30.4 Å².